The summed E-state index contributed by atoms with van der Waals surface area (Å²) in [5.41, 5.74) is 3.61. The lowest BCUT2D eigenvalue weighted by Gasteiger charge is -2.09. The van der Waals surface area contributed by atoms with Crippen LogP contribution in [-0.2, 0) is 11.2 Å². The molecule has 0 aliphatic heterocycles. The minimum Gasteiger partial charge on any atom is -0.497 e. The summed E-state index contributed by atoms with van der Waals surface area (Å²) in [6, 6.07) is 13.6. The van der Waals surface area contributed by atoms with Crippen molar-refractivity contribution in [3.63, 3.8) is 0 Å². The maximum absolute atomic E-state index is 12.4. The van der Waals surface area contributed by atoms with Crippen LogP contribution in [0.4, 0.5) is 5.69 Å². The predicted octanol–water partition coefficient (Wildman–Crippen LogP) is 4.75. The van der Waals surface area contributed by atoms with E-state index in [1.807, 2.05) is 36.4 Å². The lowest BCUT2D eigenvalue weighted by Crippen LogP contribution is -2.14. The Hall–Kier alpha value is -2.75. The molecule has 1 N–H and O–H groups in total. The highest BCUT2D eigenvalue weighted by Gasteiger charge is 2.12. The largest absolute Gasteiger partial charge is 0.497 e. The number of benzene rings is 2. The molecule has 2 aromatic carbocycles. The summed E-state index contributed by atoms with van der Waals surface area (Å²) >= 11 is 0. The van der Waals surface area contributed by atoms with Gasteiger partial charge in [0.05, 0.1) is 19.8 Å². The van der Waals surface area contributed by atoms with Crippen molar-refractivity contribution in [3.05, 3.63) is 59.9 Å². The number of nitrogens with one attached hydrogen (secondary N) is 1. The molecule has 0 atom stereocenters. The summed E-state index contributed by atoms with van der Waals surface area (Å²) in [6.07, 6.45) is 1.90. The third-order valence-corrected chi connectivity index (χ3v) is 4.05. The molecule has 124 valence electrons. The number of ether oxygens (including phenoxy) is 1. The van der Waals surface area contributed by atoms with Crippen LogP contribution in [0.25, 0.3) is 11.0 Å². The first kappa shape index (κ1) is 16.1. The Bertz CT molecular complexity index is 864. The van der Waals surface area contributed by atoms with E-state index in [-0.39, 0.29) is 12.3 Å². The highest BCUT2D eigenvalue weighted by Crippen LogP contribution is 2.26. The van der Waals surface area contributed by atoms with E-state index in [0.717, 1.165) is 28.0 Å². The van der Waals surface area contributed by atoms with Crippen molar-refractivity contribution in [1.29, 1.82) is 0 Å². The first-order chi connectivity index (χ1) is 11.6. The van der Waals surface area contributed by atoms with Gasteiger partial charge in [0, 0.05) is 22.7 Å². The maximum atomic E-state index is 12.4. The first-order valence-electron chi connectivity index (χ1n) is 8.00. The van der Waals surface area contributed by atoms with Crippen LogP contribution in [0.3, 0.4) is 0 Å². The smallest absolute Gasteiger partial charge is 0.228 e. The normalized spacial score (nSPS) is 11.0. The van der Waals surface area contributed by atoms with Crippen LogP contribution in [0.15, 0.2) is 53.1 Å². The molecule has 1 amide bonds. The van der Waals surface area contributed by atoms with E-state index in [2.05, 4.69) is 25.2 Å². The van der Waals surface area contributed by atoms with Gasteiger partial charge >= 0.3 is 0 Å². The van der Waals surface area contributed by atoms with E-state index < -0.39 is 0 Å². The Kier molecular flexibility index (Phi) is 4.56. The fourth-order valence-electron chi connectivity index (χ4n) is 2.68. The minimum absolute atomic E-state index is 0.0607. The number of anilines is 1. The number of fused-ring (bicyclic) bond motifs is 1. The van der Waals surface area contributed by atoms with Crippen LogP contribution >= 0.6 is 0 Å². The average Bonchev–Trinajstić information content (AvgIpc) is 2.97. The fraction of sp³-hybridized carbons (Fsp3) is 0.250. The number of carbonyl (C=O) groups is 1. The van der Waals surface area contributed by atoms with Gasteiger partial charge in [0.2, 0.25) is 5.91 Å². The second-order valence-electron chi connectivity index (χ2n) is 6.13. The monoisotopic (exact) mass is 323 g/mol. The van der Waals surface area contributed by atoms with Crippen molar-refractivity contribution < 1.29 is 13.9 Å². The predicted molar refractivity (Wildman–Crippen MR) is 95.6 cm³/mol. The molecule has 0 aliphatic carbocycles. The number of hydrogen-bond acceptors (Lipinski definition) is 3. The van der Waals surface area contributed by atoms with Crippen molar-refractivity contribution in [2.75, 3.05) is 12.4 Å². The van der Waals surface area contributed by atoms with Gasteiger partial charge in [-0.25, -0.2) is 0 Å². The molecular formula is C20H21NO3. The summed E-state index contributed by atoms with van der Waals surface area (Å²) in [5.74, 6) is 1.10. The first-order valence-corrected chi connectivity index (χ1v) is 8.00. The second kappa shape index (κ2) is 6.79. The van der Waals surface area contributed by atoms with E-state index >= 15 is 0 Å². The summed E-state index contributed by atoms with van der Waals surface area (Å²) in [7, 11) is 1.61. The van der Waals surface area contributed by atoms with Gasteiger partial charge in [0.1, 0.15) is 11.3 Å². The third kappa shape index (κ3) is 3.43. The molecule has 1 aromatic heterocycles. The van der Waals surface area contributed by atoms with Gasteiger partial charge in [-0.05, 0) is 35.7 Å². The molecule has 0 radical (unpaired) electrons. The average molecular weight is 323 g/mol. The van der Waals surface area contributed by atoms with Gasteiger partial charge < -0.3 is 14.5 Å². The number of carbonyl (C=O) groups excluding carboxylic acids is 1. The van der Waals surface area contributed by atoms with Crippen LogP contribution < -0.4 is 10.1 Å². The lowest BCUT2D eigenvalue weighted by molar-refractivity contribution is -0.115. The number of methoxy groups -OCH3 is 1. The molecule has 0 aliphatic rings. The highest BCUT2D eigenvalue weighted by molar-refractivity contribution is 5.95. The number of rotatable bonds is 5. The van der Waals surface area contributed by atoms with E-state index in [4.69, 9.17) is 9.15 Å². The summed E-state index contributed by atoms with van der Waals surface area (Å²) in [4.78, 5) is 12.4. The number of hydrogen-bond donors (Lipinski definition) is 1. The van der Waals surface area contributed by atoms with E-state index in [9.17, 15) is 4.79 Å². The summed E-state index contributed by atoms with van der Waals surface area (Å²) < 4.78 is 10.7. The Morgan fingerprint density at radius 2 is 2.04 bits per heavy atom. The van der Waals surface area contributed by atoms with Crippen molar-refractivity contribution in [2.24, 2.45) is 0 Å². The maximum Gasteiger partial charge on any atom is 0.228 e. The van der Waals surface area contributed by atoms with Gasteiger partial charge in [0.25, 0.3) is 0 Å². The lowest BCUT2D eigenvalue weighted by atomic mass is 10.0. The zero-order valence-corrected chi connectivity index (χ0v) is 14.1. The number of furan rings is 1. The molecule has 0 spiro atoms. The molecule has 24 heavy (non-hydrogen) atoms. The number of amides is 1. The Morgan fingerprint density at radius 3 is 2.79 bits per heavy atom. The molecule has 3 aromatic rings. The van der Waals surface area contributed by atoms with Crippen LogP contribution in [-0.4, -0.2) is 13.0 Å². The van der Waals surface area contributed by atoms with Crippen LogP contribution in [0.2, 0.25) is 0 Å². The fourth-order valence-corrected chi connectivity index (χ4v) is 2.68. The van der Waals surface area contributed by atoms with Crippen LogP contribution in [0.5, 0.6) is 5.75 Å². The van der Waals surface area contributed by atoms with Crippen molar-refractivity contribution >= 4 is 22.6 Å². The van der Waals surface area contributed by atoms with E-state index in [1.165, 1.54) is 5.56 Å². The van der Waals surface area contributed by atoms with Crippen molar-refractivity contribution in [3.8, 4) is 5.75 Å². The third-order valence-electron chi connectivity index (χ3n) is 4.05. The van der Waals surface area contributed by atoms with Crippen molar-refractivity contribution in [1.82, 2.24) is 0 Å². The zero-order valence-electron chi connectivity index (χ0n) is 14.1. The van der Waals surface area contributed by atoms with E-state index in [0.29, 0.717) is 5.92 Å². The van der Waals surface area contributed by atoms with E-state index in [1.54, 1.807) is 13.4 Å². The zero-order chi connectivity index (χ0) is 17.1. The molecule has 0 bridgehead atoms. The topological polar surface area (TPSA) is 51.5 Å². The molecule has 1 heterocycles. The van der Waals surface area contributed by atoms with Gasteiger partial charge in [-0.2, -0.15) is 0 Å². The van der Waals surface area contributed by atoms with Crippen LogP contribution in [0, 0.1) is 0 Å². The second-order valence-corrected chi connectivity index (χ2v) is 6.13. The Balaban J connectivity index is 1.74. The van der Waals surface area contributed by atoms with Gasteiger partial charge in [-0.15, -0.1) is 0 Å². The molecule has 0 fully saturated rings. The van der Waals surface area contributed by atoms with Gasteiger partial charge in [-0.3, -0.25) is 4.79 Å². The Morgan fingerprint density at radius 1 is 1.21 bits per heavy atom. The highest BCUT2D eigenvalue weighted by atomic mass is 16.5. The summed E-state index contributed by atoms with van der Waals surface area (Å²) in [6.45, 7) is 4.26. The van der Waals surface area contributed by atoms with Crippen molar-refractivity contribution in [2.45, 2.75) is 26.2 Å². The molecule has 0 unspecified atom stereocenters. The standard InChI is InChI=1S/C20H21NO3/c1-13(2)14-5-4-6-16(9-14)21-20(22)10-15-12-24-19-11-17(23-3)7-8-18(15)19/h4-9,11-13H,10H2,1-3H3,(H,21,22). The Labute approximate surface area is 141 Å². The summed E-state index contributed by atoms with van der Waals surface area (Å²) in [5, 5.41) is 3.89. The van der Waals surface area contributed by atoms with Crippen LogP contribution in [0.1, 0.15) is 30.9 Å². The molecule has 4 nitrogen and oxygen atoms in total. The quantitative estimate of drug-likeness (QED) is 0.737. The SMILES string of the molecule is COc1ccc2c(CC(=O)Nc3cccc(C(C)C)c3)coc2c1. The van der Waals surface area contributed by atoms with Gasteiger partial charge in [0.15, 0.2) is 0 Å². The molecular weight excluding hydrogens is 302 g/mol. The molecule has 4 heteroatoms. The molecule has 0 saturated heterocycles. The molecule has 0 saturated carbocycles. The molecule has 3 rings (SSSR count). The van der Waals surface area contributed by atoms with Gasteiger partial charge in [-0.1, -0.05) is 26.0 Å². The minimum atomic E-state index is -0.0607.